The number of ketones is 1. The molecule has 1 fully saturated rings. The van der Waals surface area contributed by atoms with Crippen LogP contribution in [0.4, 0.5) is 0 Å². The van der Waals surface area contributed by atoms with E-state index in [1.807, 2.05) is 0 Å². The molecule has 0 aromatic heterocycles. The van der Waals surface area contributed by atoms with Gasteiger partial charge in [0.2, 0.25) is 0 Å². The number of esters is 1. The van der Waals surface area contributed by atoms with Gasteiger partial charge in [-0.3, -0.25) is 9.59 Å². The van der Waals surface area contributed by atoms with Crippen molar-refractivity contribution in [1.29, 1.82) is 0 Å². The van der Waals surface area contributed by atoms with Crippen molar-refractivity contribution in [3.05, 3.63) is 24.3 Å². The minimum atomic E-state index is -0.691. The lowest BCUT2D eigenvalue weighted by molar-refractivity contribution is -0.161. The fourth-order valence-electron chi connectivity index (χ4n) is 3.62. The molecule has 0 heterocycles. The second kappa shape index (κ2) is 3.06. The van der Waals surface area contributed by atoms with Crippen LogP contribution in [0.1, 0.15) is 12.8 Å². The molecule has 4 aliphatic carbocycles. The fraction of sp³-hybridized carbons (Fsp3) is 0.538. The van der Waals surface area contributed by atoms with Crippen molar-refractivity contribution in [3.63, 3.8) is 0 Å². The number of hydrogen-bond acceptors (Lipinski definition) is 3. The molecule has 1 saturated carbocycles. The molecule has 84 valence electrons. The van der Waals surface area contributed by atoms with E-state index in [0.717, 1.165) is 12.8 Å². The van der Waals surface area contributed by atoms with E-state index in [-0.39, 0.29) is 29.5 Å². The Kier molecular flexibility index (Phi) is 1.88. The van der Waals surface area contributed by atoms with E-state index in [1.165, 1.54) is 7.11 Å². The summed E-state index contributed by atoms with van der Waals surface area (Å²) in [6.07, 6.45) is 9.53. The summed E-state index contributed by atoms with van der Waals surface area (Å²) in [7, 11) is 1.40. The van der Waals surface area contributed by atoms with Crippen molar-refractivity contribution < 1.29 is 14.3 Å². The van der Waals surface area contributed by atoms with Gasteiger partial charge in [-0.25, -0.2) is 0 Å². The molecule has 0 aliphatic heterocycles. The topological polar surface area (TPSA) is 43.4 Å². The molecule has 16 heavy (non-hydrogen) atoms. The summed E-state index contributed by atoms with van der Waals surface area (Å²) in [6.45, 7) is 0. The molecule has 0 aromatic carbocycles. The van der Waals surface area contributed by atoms with Crippen LogP contribution in [0, 0.1) is 23.2 Å². The van der Waals surface area contributed by atoms with Crippen LogP contribution >= 0.6 is 0 Å². The number of hydrogen-bond donors (Lipinski definition) is 0. The monoisotopic (exact) mass is 218 g/mol. The number of carbonyl (C=O) groups is 2. The van der Waals surface area contributed by atoms with Gasteiger partial charge in [0.05, 0.1) is 7.11 Å². The van der Waals surface area contributed by atoms with E-state index < -0.39 is 5.41 Å². The van der Waals surface area contributed by atoms with Crippen molar-refractivity contribution in [2.24, 2.45) is 23.2 Å². The van der Waals surface area contributed by atoms with Gasteiger partial charge in [-0.05, 0) is 30.8 Å². The van der Waals surface area contributed by atoms with Gasteiger partial charge in [0.1, 0.15) is 5.41 Å². The van der Waals surface area contributed by atoms with E-state index in [4.69, 9.17) is 4.74 Å². The standard InChI is InChI=1S/C13H14O3/c1-16-12(15)13-7-6-10(14)11(13)8-2-4-9(13)5-3-8/h2,4,6-9,11H,3,5H2,1H3/t8-,9+,11+,13-/m0/s1. The molecule has 3 heteroatoms. The number of allylic oxidation sites excluding steroid dienone is 3. The average molecular weight is 218 g/mol. The Hall–Kier alpha value is -1.38. The SMILES string of the molecule is COC(=O)[C@]12C=CC(=O)[C@H]1[C@H]1C=C[C@@H]2CC1. The first kappa shape index (κ1) is 9.82. The lowest BCUT2D eigenvalue weighted by Crippen LogP contribution is -2.51. The Labute approximate surface area is 94.2 Å². The largest absolute Gasteiger partial charge is 0.468 e. The van der Waals surface area contributed by atoms with Crippen LogP contribution in [0.2, 0.25) is 0 Å². The maximum absolute atomic E-state index is 12.0. The molecule has 0 radical (unpaired) electrons. The second-order valence-corrected chi connectivity index (χ2v) is 4.87. The van der Waals surface area contributed by atoms with E-state index in [2.05, 4.69) is 12.2 Å². The zero-order valence-corrected chi connectivity index (χ0v) is 9.18. The molecule has 0 aromatic rings. The molecule has 3 nitrogen and oxygen atoms in total. The smallest absolute Gasteiger partial charge is 0.317 e. The Morgan fingerprint density at radius 2 is 2.25 bits per heavy atom. The van der Waals surface area contributed by atoms with Gasteiger partial charge < -0.3 is 4.74 Å². The number of rotatable bonds is 1. The molecule has 0 spiro atoms. The van der Waals surface area contributed by atoms with Crippen LogP contribution in [0.25, 0.3) is 0 Å². The number of carbonyl (C=O) groups excluding carboxylic acids is 2. The summed E-state index contributed by atoms with van der Waals surface area (Å²) >= 11 is 0. The predicted octanol–water partition coefficient (Wildman–Crippen LogP) is 1.50. The highest BCUT2D eigenvalue weighted by atomic mass is 16.5. The van der Waals surface area contributed by atoms with E-state index in [1.54, 1.807) is 12.2 Å². The highest BCUT2D eigenvalue weighted by Gasteiger charge is 2.61. The Morgan fingerprint density at radius 1 is 1.44 bits per heavy atom. The van der Waals surface area contributed by atoms with Crippen LogP contribution in [-0.4, -0.2) is 18.9 Å². The predicted molar refractivity (Wildman–Crippen MR) is 57.4 cm³/mol. The second-order valence-electron chi connectivity index (χ2n) is 4.87. The van der Waals surface area contributed by atoms with Crippen molar-refractivity contribution in [3.8, 4) is 0 Å². The molecule has 0 amide bonds. The highest BCUT2D eigenvalue weighted by molar-refractivity contribution is 6.02. The van der Waals surface area contributed by atoms with Gasteiger partial charge >= 0.3 is 5.97 Å². The third-order valence-electron chi connectivity index (χ3n) is 4.33. The maximum Gasteiger partial charge on any atom is 0.317 e. The molecule has 4 aliphatic rings. The van der Waals surface area contributed by atoms with Crippen LogP contribution < -0.4 is 0 Å². The van der Waals surface area contributed by atoms with E-state index in [9.17, 15) is 9.59 Å². The minimum absolute atomic E-state index is 0.0875. The number of fused-ring (bicyclic) bond motifs is 1. The zero-order chi connectivity index (χ0) is 11.3. The lowest BCUT2D eigenvalue weighted by Gasteiger charge is -2.47. The number of ether oxygens (including phenoxy) is 1. The van der Waals surface area contributed by atoms with Gasteiger partial charge in [0, 0.05) is 5.92 Å². The maximum atomic E-state index is 12.0. The molecule has 4 atom stereocenters. The molecular formula is C13H14O3. The van der Waals surface area contributed by atoms with Crippen LogP contribution in [0.15, 0.2) is 24.3 Å². The van der Waals surface area contributed by atoms with Gasteiger partial charge in [-0.15, -0.1) is 0 Å². The summed E-state index contributed by atoms with van der Waals surface area (Å²) in [5.41, 5.74) is -0.691. The zero-order valence-electron chi connectivity index (χ0n) is 9.18. The minimum Gasteiger partial charge on any atom is -0.468 e. The van der Waals surface area contributed by atoms with Gasteiger partial charge in [-0.2, -0.15) is 0 Å². The van der Waals surface area contributed by atoms with Crippen LogP contribution in [0.5, 0.6) is 0 Å². The lowest BCUT2D eigenvalue weighted by atomic mass is 9.54. The third-order valence-corrected chi connectivity index (χ3v) is 4.33. The molecule has 4 rings (SSSR count). The highest BCUT2D eigenvalue weighted by Crippen LogP contribution is 2.57. The Morgan fingerprint density at radius 3 is 2.88 bits per heavy atom. The summed E-state index contributed by atoms with van der Waals surface area (Å²) in [4.78, 5) is 23.9. The molecule has 0 saturated heterocycles. The summed E-state index contributed by atoms with van der Waals surface area (Å²) < 4.78 is 4.92. The molecule has 0 N–H and O–H groups in total. The quantitative estimate of drug-likeness (QED) is 0.495. The normalized spacial score (nSPS) is 43.6. The van der Waals surface area contributed by atoms with Crippen molar-refractivity contribution in [2.45, 2.75) is 12.8 Å². The van der Waals surface area contributed by atoms with Crippen molar-refractivity contribution in [1.82, 2.24) is 0 Å². The van der Waals surface area contributed by atoms with Crippen molar-refractivity contribution in [2.75, 3.05) is 7.11 Å². The fourth-order valence-corrected chi connectivity index (χ4v) is 3.62. The Bertz CT molecular complexity index is 421. The van der Waals surface area contributed by atoms with E-state index in [0.29, 0.717) is 0 Å². The van der Waals surface area contributed by atoms with Gasteiger partial charge in [0.15, 0.2) is 5.78 Å². The first-order valence-corrected chi connectivity index (χ1v) is 5.70. The van der Waals surface area contributed by atoms with E-state index >= 15 is 0 Å². The average Bonchev–Trinajstić information content (AvgIpc) is 2.71. The summed E-state index contributed by atoms with van der Waals surface area (Å²) in [6, 6.07) is 0. The first-order valence-electron chi connectivity index (χ1n) is 5.70. The van der Waals surface area contributed by atoms with Crippen LogP contribution in [0.3, 0.4) is 0 Å². The summed E-state index contributed by atoms with van der Waals surface area (Å²) in [5.74, 6) is -0.0175. The molecule has 0 unspecified atom stereocenters. The first-order chi connectivity index (χ1) is 7.70. The van der Waals surface area contributed by atoms with Crippen molar-refractivity contribution >= 4 is 11.8 Å². The van der Waals surface area contributed by atoms with Gasteiger partial charge in [-0.1, -0.05) is 18.2 Å². The molecular weight excluding hydrogens is 204 g/mol. The van der Waals surface area contributed by atoms with Crippen LogP contribution in [-0.2, 0) is 14.3 Å². The third kappa shape index (κ3) is 0.938. The van der Waals surface area contributed by atoms with Gasteiger partial charge in [0.25, 0.3) is 0 Å². The number of methoxy groups -OCH3 is 1. The summed E-state index contributed by atoms with van der Waals surface area (Å²) in [5, 5.41) is 0. The molecule has 2 bridgehead atoms. The Balaban J connectivity index is 2.14.